The minimum Gasteiger partial charge on any atom is -0.354 e. The predicted octanol–water partition coefficient (Wildman–Crippen LogP) is 1.33. The zero-order valence-corrected chi connectivity index (χ0v) is 13.0. The van der Waals surface area contributed by atoms with Gasteiger partial charge >= 0.3 is 0 Å². The van der Waals surface area contributed by atoms with E-state index in [1.807, 2.05) is 6.07 Å². The van der Waals surface area contributed by atoms with Gasteiger partial charge in [0.15, 0.2) is 0 Å². The molecule has 0 bridgehead atoms. The highest BCUT2D eigenvalue weighted by Gasteiger charge is 2.40. The SMILES string of the molecule is Cn1c(CCN2CCC[C@H]3C(=O)NC[C@H]32)nc2ccccc21. The van der Waals surface area contributed by atoms with E-state index in [0.717, 1.165) is 50.2 Å². The molecule has 0 spiro atoms. The molecule has 1 aromatic heterocycles. The number of benzene rings is 1. The number of aryl methyl sites for hydroxylation is 1. The maximum atomic E-state index is 11.8. The van der Waals surface area contributed by atoms with Crippen LogP contribution in [0.4, 0.5) is 0 Å². The summed E-state index contributed by atoms with van der Waals surface area (Å²) in [5, 5.41) is 3.02. The Morgan fingerprint density at radius 1 is 1.36 bits per heavy atom. The van der Waals surface area contributed by atoms with Crippen LogP contribution >= 0.6 is 0 Å². The molecule has 2 aromatic rings. The lowest BCUT2D eigenvalue weighted by atomic mass is 9.91. The van der Waals surface area contributed by atoms with Crippen molar-refractivity contribution in [2.45, 2.75) is 25.3 Å². The van der Waals surface area contributed by atoms with E-state index in [1.54, 1.807) is 0 Å². The highest BCUT2D eigenvalue weighted by molar-refractivity contribution is 5.82. The summed E-state index contributed by atoms with van der Waals surface area (Å²) >= 11 is 0. The lowest BCUT2D eigenvalue weighted by Gasteiger charge is -2.35. The quantitative estimate of drug-likeness (QED) is 0.930. The van der Waals surface area contributed by atoms with E-state index in [2.05, 4.69) is 40.0 Å². The van der Waals surface area contributed by atoms with Gasteiger partial charge in [0.2, 0.25) is 5.91 Å². The minimum absolute atomic E-state index is 0.203. The summed E-state index contributed by atoms with van der Waals surface area (Å²) in [7, 11) is 2.09. The average molecular weight is 298 g/mol. The predicted molar refractivity (Wildman–Crippen MR) is 85.5 cm³/mol. The van der Waals surface area contributed by atoms with E-state index in [-0.39, 0.29) is 11.8 Å². The summed E-state index contributed by atoms with van der Waals surface area (Å²) in [6.45, 7) is 2.89. The van der Waals surface area contributed by atoms with Gasteiger partial charge in [-0.2, -0.15) is 0 Å². The highest BCUT2D eigenvalue weighted by Crippen LogP contribution is 2.27. The summed E-state index contributed by atoms with van der Waals surface area (Å²) in [5.41, 5.74) is 2.25. The smallest absolute Gasteiger partial charge is 0.224 e. The summed E-state index contributed by atoms with van der Waals surface area (Å²) in [6, 6.07) is 8.65. The fourth-order valence-electron chi connectivity index (χ4n) is 3.98. The third-order valence-corrected chi connectivity index (χ3v) is 5.22. The van der Waals surface area contributed by atoms with Gasteiger partial charge in [0.25, 0.3) is 0 Å². The summed E-state index contributed by atoms with van der Waals surface area (Å²) in [6.07, 6.45) is 3.10. The topological polar surface area (TPSA) is 50.2 Å². The second-order valence-corrected chi connectivity index (χ2v) is 6.42. The van der Waals surface area contributed by atoms with Gasteiger partial charge in [-0.05, 0) is 31.5 Å². The van der Waals surface area contributed by atoms with E-state index in [0.29, 0.717) is 6.04 Å². The Bertz CT molecular complexity index is 708. The van der Waals surface area contributed by atoms with Crippen LogP contribution in [0, 0.1) is 5.92 Å². The number of aromatic nitrogens is 2. The number of piperidine rings is 1. The number of rotatable bonds is 3. The van der Waals surface area contributed by atoms with Crippen LogP contribution in [0.5, 0.6) is 0 Å². The largest absolute Gasteiger partial charge is 0.354 e. The van der Waals surface area contributed by atoms with Crippen LogP contribution in [0.25, 0.3) is 11.0 Å². The van der Waals surface area contributed by atoms with Crippen molar-refractivity contribution < 1.29 is 4.79 Å². The van der Waals surface area contributed by atoms with E-state index in [1.165, 1.54) is 5.52 Å². The zero-order valence-electron chi connectivity index (χ0n) is 13.0. The Kier molecular flexibility index (Phi) is 3.37. The summed E-state index contributed by atoms with van der Waals surface area (Å²) in [4.78, 5) is 19.1. The number of nitrogens with one attached hydrogen (secondary N) is 1. The van der Waals surface area contributed by atoms with Crippen molar-refractivity contribution in [2.75, 3.05) is 19.6 Å². The number of nitrogens with zero attached hydrogens (tertiary/aromatic N) is 3. The van der Waals surface area contributed by atoms with Crippen molar-refractivity contribution in [3.05, 3.63) is 30.1 Å². The monoisotopic (exact) mass is 298 g/mol. The van der Waals surface area contributed by atoms with Crippen molar-refractivity contribution in [1.29, 1.82) is 0 Å². The van der Waals surface area contributed by atoms with Crippen LogP contribution in [-0.2, 0) is 18.3 Å². The third-order valence-electron chi connectivity index (χ3n) is 5.22. The number of likely N-dealkylation sites (tertiary alicyclic amines) is 1. The van der Waals surface area contributed by atoms with Gasteiger partial charge in [0.1, 0.15) is 5.82 Å². The van der Waals surface area contributed by atoms with Crippen molar-refractivity contribution >= 4 is 16.9 Å². The van der Waals surface area contributed by atoms with Crippen molar-refractivity contribution in [2.24, 2.45) is 13.0 Å². The highest BCUT2D eigenvalue weighted by atomic mass is 16.2. The van der Waals surface area contributed by atoms with Gasteiger partial charge in [-0.25, -0.2) is 4.98 Å². The number of amides is 1. The van der Waals surface area contributed by atoms with Crippen LogP contribution in [0.3, 0.4) is 0 Å². The Hall–Kier alpha value is -1.88. The minimum atomic E-state index is 0.203. The Morgan fingerprint density at radius 3 is 3.09 bits per heavy atom. The number of hydrogen-bond acceptors (Lipinski definition) is 3. The number of carbonyl (C=O) groups is 1. The van der Waals surface area contributed by atoms with Crippen LogP contribution in [0.2, 0.25) is 0 Å². The molecule has 0 radical (unpaired) electrons. The van der Waals surface area contributed by atoms with E-state index in [4.69, 9.17) is 4.98 Å². The van der Waals surface area contributed by atoms with Crippen molar-refractivity contribution in [3.63, 3.8) is 0 Å². The van der Waals surface area contributed by atoms with E-state index in [9.17, 15) is 4.79 Å². The number of hydrogen-bond donors (Lipinski definition) is 1. The lowest BCUT2D eigenvalue weighted by molar-refractivity contribution is -0.124. The Morgan fingerprint density at radius 2 is 2.23 bits per heavy atom. The molecule has 2 aliphatic rings. The Balaban J connectivity index is 1.49. The number of para-hydroxylation sites is 2. The molecule has 1 aromatic carbocycles. The first-order valence-corrected chi connectivity index (χ1v) is 8.16. The number of imidazole rings is 1. The molecule has 0 saturated carbocycles. The standard InChI is InChI=1S/C17H22N4O/c1-20-14-7-3-2-6-13(14)19-16(20)8-10-21-9-4-5-12-15(21)11-18-17(12)22/h2-3,6-7,12,15H,4-5,8-11H2,1H3,(H,18,22)/t12-,15-/m1/s1. The van der Waals surface area contributed by atoms with Gasteiger partial charge in [-0.1, -0.05) is 12.1 Å². The van der Waals surface area contributed by atoms with Crippen molar-refractivity contribution in [3.8, 4) is 0 Å². The second kappa shape index (κ2) is 5.39. The molecule has 1 N–H and O–H groups in total. The second-order valence-electron chi connectivity index (χ2n) is 6.42. The fraction of sp³-hybridized carbons (Fsp3) is 0.529. The van der Waals surface area contributed by atoms with Gasteiger partial charge in [0.05, 0.1) is 17.0 Å². The van der Waals surface area contributed by atoms with Crippen LogP contribution < -0.4 is 5.32 Å². The fourth-order valence-corrected chi connectivity index (χ4v) is 3.98. The number of carbonyl (C=O) groups excluding carboxylic acids is 1. The first kappa shape index (κ1) is 13.8. The van der Waals surface area contributed by atoms with Gasteiger partial charge in [-0.3, -0.25) is 9.69 Å². The maximum absolute atomic E-state index is 11.8. The summed E-state index contributed by atoms with van der Waals surface area (Å²) in [5.74, 6) is 1.58. The first-order chi connectivity index (χ1) is 10.7. The molecule has 116 valence electrons. The maximum Gasteiger partial charge on any atom is 0.224 e. The van der Waals surface area contributed by atoms with Crippen LogP contribution in [0.1, 0.15) is 18.7 Å². The molecule has 5 nitrogen and oxygen atoms in total. The van der Waals surface area contributed by atoms with Crippen molar-refractivity contribution in [1.82, 2.24) is 19.8 Å². The van der Waals surface area contributed by atoms with Crippen LogP contribution in [-0.4, -0.2) is 46.0 Å². The molecule has 2 fully saturated rings. The number of fused-ring (bicyclic) bond motifs is 2. The first-order valence-electron chi connectivity index (χ1n) is 8.16. The molecule has 3 heterocycles. The molecule has 5 heteroatoms. The third kappa shape index (κ3) is 2.20. The molecular weight excluding hydrogens is 276 g/mol. The molecule has 2 aliphatic heterocycles. The van der Waals surface area contributed by atoms with E-state index < -0.39 is 0 Å². The van der Waals surface area contributed by atoms with Gasteiger partial charge in [0, 0.05) is 32.6 Å². The Labute approximate surface area is 130 Å². The molecule has 2 saturated heterocycles. The normalized spacial score (nSPS) is 25.4. The molecule has 2 atom stereocenters. The average Bonchev–Trinajstić information content (AvgIpc) is 3.08. The molecule has 0 unspecified atom stereocenters. The molecular formula is C17H22N4O. The van der Waals surface area contributed by atoms with Gasteiger partial charge < -0.3 is 9.88 Å². The van der Waals surface area contributed by atoms with Gasteiger partial charge in [-0.15, -0.1) is 0 Å². The zero-order chi connectivity index (χ0) is 15.1. The molecule has 1 amide bonds. The molecule has 22 heavy (non-hydrogen) atoms. The molecule has 0 aliphatic carbocycles. The van der Waals surface area contributed by atoms with E-state index >= 15 is 0 Å². The molecule has 4 rings (SSSR count). The van der Waals surface area contributed by atoms with Crippen LogP contribution in [0.15, 0.2) is 24.3 Å². The summed E-state index contributed by atoms with van der Waals surface area (Å²) < 4.78 is 2.19. The lowest BCUT2D eigenvalue weighted by Crippen LogP contribution is -2.46.